The van der Waals surface area contributed by atoms with Gasteiger partial charge < -0.3 is 10.4 Å². The SMILES string of the molecule is CCCCCS(=O)c1cc(F)ccc1NCc1ccc(C(=O)Nc2nc(CC(=O)O)cs2)cc1. The lowest BCUT2D eigenvalue weighted by molar-refractivity contribution is -0.136. The van der Waals surface area contributed by atoms with E-state index in [2.05, 4.69) is 22.5 Å². The van der Waals surface area contributed by atoms with Crippen LogP contribution in [0, 0.1) is 5.82 Å². The molecule has 0 saturated carbocycles. The van der Waals surface area contributed by atoms with Crippen LogP contribution in [-0.2, 0) is 28.6 Å². The standard InChI is InChI=1S/C24H26FN3O4S2/c1-2-3-4-11-34(32)21-12-18(25)9-10-20(21)26-14-16-5-7-17(8-6-16)23(31)28-24-27-19(15-33-24)13-22(29)30/h5-10,12,15,26H,2-4,11,13-14H2,1H3,(H,29,30)(H,27,28,31). The number of carboxylic acids is 1. The maximum atomic E-state index is 13.8. The molecule has 3 aromatic rings. The molecule has 1 unspecified atom stereocenters. The zero-order valence-corrected chi connectivity index (χ0v) is 20.3. The molecule has 0 fully saturated rings. The van der Waals surface area contributed by atoms with E-state index in [1.807, 2.05) is 0 Å². The number of amides is 1. The Bertz CT molecular complexity index is 1170. The summed E-state index contributed by atoms with van der Waals surface area (Å²) in [6, 6.07) is 11.2. The average molecular weight is 504 g/mol. The van der Waals surface area contributed by atoms with Gasteiger partial charge in [-0.3, -0.25) is 19.1 Å². The maximum absolute atomic E-state index is 13.8. The highest BCUT2D eigenvalue weighted by Crippen LogP contribution is 2.23. The number of unbranched alkanes of at least 4 members (excludes halogenated alkanes) is 2. The summed E-state index contributed by atoms with van der Waals surface area (Å²) < 4.78 is 26.4. The fourth-order valence-electron chi connectivity index (χ4n) is 3.16. The zero-order valence-electron chi connectivity index (χ0n) is 18.7. The van der Waals surface area contributed by atoms with Gasteiger partial charge in [-0.15, -0.1) is 11.3 Å². The van der Waals surface area contributed by atoms with Gasteiger partial charge in [0.15, 0.2) is 5.13 Å². The molecule has 1 aromatic heterocycles. The van der Waals surface area contributed by atoms with E-state index in [4.69, 9.17) is 5.11 Å². The van der Waals surface area contributed by atoms with Gasteiger partial charge in [0.2, 0.25) is 0 Å². The van der Waals surface area contributed by atoms with E-state index in [0.717, 1.165) is 24.8 Å². The van der Waals surface area contributed by atoms with Crippen molar-refractivity contribution in [3.63, 3.8) is 0 Å². The van der Waals surface area contributed by atoms with E-state index in [0.29, 0.717) is 39.3 Å². The molecule has 0 aliphatic carbocycles. The third kappa shape index (κ3) is 7.46. The number of thiazole rings is 1. The van der Waals surface area contributed by atoms with Crippen LogP contribution in [0.4, 0.5) is 15.2 Å². The Balaban J connectivity index is 1.60. The van der Waals surface area contributed by atoms with Crippen LogP contribution in [0.25, 0.3) is 0 Å². The number of benzene rings is 2. The van der Waals surface area contributed by atoms with Crippen molar-refractivity contribution in [3.8, 4) is 0 Å². The van der Waals surface area contributed by atoms with Crippen molar-refractivity contribution in [1.29, 1.82) is 0 Å². The quantitative estimate of drug-likeness (QED) is 0.298. The Hall–Kier alpha value is -3.11. The van der Waals surface area contributed by atoms with Crippen molar-refractivity contribution < 1.29 is 23.3 Å². The number of rotatable bonds is 12. The third-order valence-corrected chi connectivity index (χ3v) is 7.22. The minimum atomic E-state index is -1.29. The number of aliphatic carboxylic acids is 1. The number of aromatic nitrogens is 1. The number of hydrogen-bond donors (Lipinski definition) is 3. The molecule has 0 radical (unpaired) electrons. The van der Waals surface area contributed by atoms with Crippen molar-refractivity contribution in [2.75, 3.05) is 16.4 Å². The van der Waals surface area contributed by atoms with E-state index in [1.165, 1.54) is 23.5 Å². The summed E-state index contributed by atoms with van der Waals surface area (Å²) in [7, 11) is -1.29. The minimum absolute atomic E-state index is 0.198. The smallest absolute Gasteiger partial charge is 0.309 e. The number of carbonyl (C=O) groups is 2. The van der Waals surface area contributed by atoms with Crippen molar-refractivity contribution in [2.45, 2.75) is 44.0 Å². The predicted molar refractivity (Wildman–Crippen MR) is 132 cm³/mol. The number of carbonyl (C=O) groups excluding carboxylic acids is 1. The summed E-state index contributed by atoms with van der Waals surface area (Å²) in [6.45, 7) is 2.49. The van der Waals surface area contributed by atoms with Crippen LogP contribution >= 0.6 is 11.3 Å². The topological polar surface area (TPSA) is 108 Å². The highest BCUT2D eigenvalue weighted by molar-refractivity contribution is 7.85. The summed E-state index contributed by atoms with van der Waals surface area (Å²) in [5.41, 5.74) is 2.33. The van der Waals surface area contributed by atoms with Crippen LogP contribution in [0.3, 0.4) is 0 Å². The van der Waals surface area contributed by atoms with E-state index >= 15 is 0 Å². The molecule has 1 atom stereocenters. The van der Waals surface area contributed by atoms with Gasteiger partial charge in [0.25, 0.3) is 5.91 Å². The highest BCUT2D eigenvalue weighted by atomic mass is 32.2. The predicted octanol–water partition coefficient (Wildman–Crippen LogP) is 5.07. The third-order valence-electron chi connectivity index (χ3n) is 4.93. The monoisotopic (exact) mass is 503 g/mol. The van der Waals surface area contributed by atoms with Crippen LogP contribution < -0.4 is 10.6 Å². The van der Waals surface area contributed by atoms with Gasteiger partial charge in [-0.2, -0.15) is 0 Å². The summed E-state index contributed by atoms with van der Waals surface area (Å²) in [5.74, 6) is -1.26. The summed E-state index contributed by atoms with van der Waals surface area (Å²) in [4.78, 5) is 27.8. The van der Waals surface area contributed by atoms with Gasteiger partial charge in [0.1, 0.15) is 5.82 Å². The molecule has 0 aliphatic rings. The summed E-state index contributed by atoms with van der Waals surface area (Å²) in [6.07, 6.45) is 2.63. The van der Waals surface area contributed by atoms with E-state index < -0.39 is 22.6 Å². The van der Waals surface area contributed by atoms with Gasteiger partial charge >= 0.3 is 5.97 Å². The molecule has 0 aliphatic heterocycles. The molecule has 3 rings (SSSR count). The second kappa shape index (κ2) is 12.4. The molecule has 0 saturated heterocycles. The second-order valence-electron chi connectivity index (χ2n) is 7.62. The van der Waals surface area contributed by atoms with E-state index in [1.54, 1.807) is 35.7 Å². The lowest BCUT2D eigenvalue weighted by Crippen LogP contribution is -2.12. The number of halogens is 1. The van der Waals surface area contributed by atoms with Crippen LogP contribution in [0.1, 0.15) is 47.8 Å². The van der Waals surface area contributed by atoms with Crippen LogP contribution in [0.2, 0.25) is 0 Å². The number of carboxylic acid groups (broad SMARTS) is 1. The van der Waals surface area contributed by atoms with Crippen LogP contribution in [-0.4, -0.2) is 31.9 Å². The first-order valence-corrected chi connectivity index (χ1v) is 13.0. The summed E-state index contributed by atoms with van der Waals surface area (Å²) >= 11 is 1.17. The molecule has 1 amide bonds. The largest absolute Gasteiger partial charge is 0.481 e. The molecule has 2 aromatic carbocycles. The molecular formula is C24H26FN3O4S2. The number of nitrogens with zero attached hydrogens (tertiary/aromatic N) is 1. The van der Waals surface area contributed by atoms with Crippen LogP contribution in [0.5, 0.6) is 0 Å². The Morgan fingerprint density at radius 1 is 1.15 bits per heavy atom. The molecule has 180 valence electrons. The Morgan fingerprint density at radius 3 is 2.62 bits per heavy atom. The summed E-state index contributed by atoms with van der Waals surface area (Å²) in [5, 5.41) is 16.6. The van der Waals surface area contributed by atoms with Crippen molar-refractivity contribution in [3.05, 3.63) is 70.5 Å². The first-order valence-electron chi connectivity index (χ1n) is 10.8. The Labute approximate surface area is 203 Å². The van der Waals surface area contributed by atoms with E-state index in [-0.39, 0.29) is 12.3 Å². The maximum Gasteiger partial charge on any atom is 0.309 e. The molecule has 34 heavy (non-hydrogen) atoms. The minimum Gasteiger partial charge on any atom is -0.481 e. The number of anilines is 2. The van der Waals surface area contributed by atoms with Gasteiger partial charge in [-0.05, 0) is 42.3 Å². The lowest BCUT2D eigenvalue weighted by atomic mass is 10.1. The van der Waals surface area contributed by atoms with E-state index in [9.17, 15) is 18.2 Å². The lowest BCUT2D eigenvalue weighted by Gasteiger charge is -2.12. The molecular weight excluding hydrogens is 477 g/mol. The molecule has 1 heterocycles. The van der Waals surface area contributed by atoms with Gasteiger partial charge in [0.05, 0.1) is 33.5 Å². The first-order chi connectivity index (χ1) is 16.4. The molecule has 3 N–H and O–H groups in total. The normalized spacial score (nSPS) is 11.7. The molecule has 7 nitrogen and oxygen atoms in total. The van der Waals surface area contributed by atoms with Gasteiger partial charge in [0, 0.05) is 23.2 Å². The average Bonchev–Trinajstić information content (AvgIpc) is 3.24. The van der Waals surface area contributed by atoms with Gasteiger partial charge in [-0.1, -0.05) is 31.9 Å². The molecule has 0 spiro atoms. The molecule has 0 bridgehead atoms. The first kappa shape index (κ1) is 25.5. The second-order valence-corrected chi connectivity index (χ2v) is 10.0. The number of hydrogen-bond acceptors (Lipinski definition) is 6. The molecule has 10 heteroatoms. The van der Waals surface area contributed by atoms with Crippen molar-refractivity contribution in [2.24, 2.45) is 0 Å². The van der Waals surface area contributed by atoms with Gasteiger partial charge in [-0.25, -0.2) is 9.37 Å². The van der Waals surface area contributed by atoms with Crippen molar-refractivity contribution >= 4 is 44.8 Å². The highest BCUT2D eigenvalue weighted by Gasteiger charge is 2.13. The Morgan fingerprint density at radius 2 is 1.91 bits per heavy atom. The fraction of sp³-hybridized carbons (Fsp3) is 0.292. The zero-order chi connectivity index (χ0) is 24.5. The number of nitrogens with one attached hydrogen (secondary N) is 2. The fourth-order valence-corrected chi connectivity index (χ4v) is 5.19. The Kier molecular flexibility index (Phi) is 9.29. The van der Waals surface area contributed by atoms with Crippen molar-refractivity contribution in [1.82, 2.24) is 4.98 Å². The van der Waals surface area contributed by atoms with Crippen LogP contribution in [0.15, 0.2) is 52.7 Å².